The highest BCUT2D eigenvalue weighted by Gasteiger charge is 2.28. The van der Waals surface area contributed by atoms with E-state index in [1.165, 1.54) is 42.7 Å². The molecule has 0 N–H and O–H groups in total. The number of fused-ring (bicyclic) bond motifs is 2. The van der Waals surface area contributed by atoms with Crippen molar-refractivity contribution in [2.24, 2.45) is 0 Å². The number of morpholine rings is 1. The first-order chi connectivity index (χ1) is 17.9. The molecule has 0 saturated carbocycles. The number of nitrogens with zero attached hydrogens (tertiary/aromatic N) is 5. The zero-order chi connectivity index (χ0) is 25.7. The first-order valence-corrected chi connectivity index (χ1v) is 12.7. The first kappa shape index (κ1) is 23.9. The third-order valence-corrected chi connectivity index (χ3v) is 7.27. The van der Waals surface area contributed by atoms with Gasteiger partial charge in [-0.15, -0.1) is 0 Å². The summed E-state index contributed by atoms with van der Waals surface area (Å²) in [7, 11) is 0. The molecule has 0 aliphatic carbocycles. The number of halogens is 3. The minimum atomic E-state index is -0.684. The predicted octanol–water partition coefficient (Wildman–Crippen LogP) is 4.93. The van der Waals surface area contributed by atoms with E-state index in [1.807, 2.05) is 6.92 Å². The van der Waals surface area contributed by atoms with E-state index in [2.05, 4.69) is 37.5 Å². The van der Waals surface area contributed by atoms with Crippen LogP contribution in [0.5, 0.6) is 0 Å². The Kier molecular flexibility index (Phi) is 6.11. The molecular formula is C26H20F2IN5O3. The molecule has 8 nitrogen and oxygen atoms in total. The van der Waals surface area contributed by atoms with E-state index < -0.39 is 23.1 Å². The van der Waals surface area contributed by atoms with Gasteiger partial charge in [0, 0.05) is 13.1 Å². The summed E-state index contributed by atoms with van der Waals surface area (Å²) in [6, 6.07) is 9.10. The smallest absolute Gasteiger partial charge is 0.203 e. The number of hydrogen-bond donors (Lipinski definition) is 0. The number of aromatic nitrogens is 4. The Labute approximate surface area is 223 Å². The van der Waals surface area contributed by atoms with Gasteiger partial charge >= 0.3 is 0 Å². The molecule has 0 spiro atoms. The van der Waals surface area contributed by atoms with E-state index in [0.29, 0.717) is 41.2 Å². The fourth-order valence-electron chi connectivity index (χ4n) is 4.71. The Morgan fingerprint density at radius 1 is 1.03 bits per heavy atom. The van der Waals surface area contributed by atoms with E-state index in [-0.39, 0.29) is 22.3 Å². The third kappa shape index (κ3) is 4.06. The van der Waals surface area contributed by atoms with Crippen molar-refractivity contribution >= 4 is 50.4 Å². The number of ether oxygens (including phenoxy) is 1. The van der Waals surface area contributed by atoms with Gasteiger partial charge in [0.1, 0.15) is 50.3 Å². The van der Waals surface area contributed by atoms with Gasteiger partial charge in [-0.05, 0) is 59.3 Å². The van der Waals surface area contributed by atoms with Crippen molar-refractivity contribution in [1.29, 1.82) is 0 Å². The van der Waals surface area contributed by atoms with Gasteiger partial charge in [-0.25, -0.2) is 23.4 Å². The molecule has 1 saturated heterocycles. The van der Waals surface area contributed by atoms with Gasteiger partial charge in [0.15, 0.2) is 5.65 Å². The number of hydrogen-bond acceptors (Lipinski definition) is 7. The van der Waals surface area contributed by atoms with Crippen molar-refractivity contribution in [3.05, 3.63) is 80.1 Å². The maximum Gasteiger partial charge on any atom is 0.203 e. The molecule has 11 heteroatoms. The Hall–Kier alpha value is -3.45. The van der Waals surface area contributed by atoms with Crippen LogP contribution >= 0.6 is 22.6 Å². The summed E-state index contributed by atoms with van der Waals surface area (Å²) in [5, 5.41) is 5.37. The molecule has 1 aliphatic rings. The van der Waals surface area contributed by atoms with Gasteiger partial charge in [0.2, 0.25) is 5.43 Å². The standard InChI is InChI=1S/C26H20F2IN5O3/c1-14(34-26-21(24(29)32-34)25(30-13-31-26)33-9-11-36-12-10-33)23-19(15-5-7-16(27)8-6-15)22(35)20-17(28)3-2-4-18(20)37-23/h2-8,13-14H,9-12H2,1H3. The SMILES string of the molecule is CC(c1oc2cccc(F)c2c(=O)c1-c1ccc(F)cc1)n1nc(I)c2c(N3CCOCC3)ncnc21. The summed E-state index contributed by atoms with van der Waals surface area (Å²) < 4.78 is 42.5. The second-order valence-corrected chi connectivity index (χ2v) is 9.72. The fraction of sp³-hybridized carbons (Fsp3) is 0.231. The van der Waals surface area contributed by atoms with Gasteiger partial charge < -0.3 is 14.1 Å². The van der Waals surface area contributed by atoms with Gasteiger partial charge in [-0.1, -0.05) is 18.2 Å². The van der Waals surface area contributed by atoms with Crippen molar-refractivity contribution in [2.75, 3.05) is 31.2 Å². The van der Waals surface area contributed by atoms with Crippen LogP contribution in [-0.2, 0) is 4.74 Å². The van der Waals surface area contributed by atoms with Crippen molar-refractivity contribution < 1.29 is 17.9 Å². The summed E-state index contributed by atoms with van der Waals surface area (Å²) >= 11 is 2.15. The monoisotopic (exact) mass is 615 g/mol. The summed E-state index contributed by atoms with van der Waals surface area (Å²) in [5.41, 5.74) is 0.707. The van der Waals surface area contributed by atoms with Crippen LogP contribution in [0.25, 0.3) is 33.1 Å². The van der Waals surface area contributed by atoms with Gasteiger partial charge in [-0.2, -0.15) is 5.10 Å². The lowest BCUT2D eigenvalue weighted by molar-refractivity contribution is 0.122. The zero-order valence-corrected chi connectivity index (χ0v) is 21.8. The van der Waals surface area contributed by atoms with Crippen LogP contribution in [0.1, 0.15) is 18.7 Å². The minimum Gasteiger partial charge on any atom is -0.458 e. The molecule has 1 aliphatic heterocycles. The zero-order valence-electron chi connectivity index (χ0n) is 19.6. The van der Waals surface area contributed by atoms with Crippen LogP contribution in [0, 0.1) is 15.3 Å². The maximum atomic E-state index is 14.7. The third-order valence-electron chi connectivity index (χ3n) is 6.51. The lowest BCUT2D eigenvalue weighted by atomic mass is 9.99. The van der Waals surface area contributed by atoms with Crippen molar-refractivity contribution in [1.82, 2.24) is 19.7 Å². The molecule has 6 rings (SSSR count). The molecule has 1 fully saturated rings. The van der Waals surface area contributed by atoms with Crippen LogP contribution < -0.4 is 10.3 Å². The Balaban J connectivity index is 1.58. The Morgan fingerprint density at radius 2 is 1.78 bits per heavy atom. The van der Waals surface area contributed by atoms with E-state index in [1.54, 1.807) is 10.7 Å². The minimum absolute atomic E-state index is 0.118. The predicted molar refractivity (Wildman–Crippen MR) is 143 cm³/mol. The quantitative estimate of drug-likeness (QED) is 0.265. The second kappa shape index (κ2) is 9.45. The average Bonchev–Trinajstić information content (AvgIpc) is 3.26. The van der Waals surface area contributed by atoms with Crippen molar-refractivity contribution in [3.8, 4) is 11.1 Å². The van der Waals surface area contributed by atoms with E-state index in [9.17, 15) is 13.6 Å². The Morgan fingerprint density at radius 3 is 2.54 bits per heavy atom. The molecule has 1 atom stereocenters. The molecule has 1 unspecified atom stereocenters. The molecule has 0 radical (unpaired) electrons. The van der Waals surface area contributed by atoms with E-state index in [0.717, 1.165) is 11.2 Å². The summed E-state index contributed by atoms with van der Waals surface area (Å²) in [4.78, 5) is 24.8. The highest BCUT2D eigenvalue weighted by Crippen LogP contribution is 2.35. The molecular weight excluding hydrogens is 595 g/mol. The molecule has 188 valence electrons. The maximum absolute atomic E-state index is 14.7. The van der Waals surface area contributed by atoms with E-state index in [4.69, 9.17) is 14.3 Å². The molecule has 0 bridgehead atoms. The summed E-state index contributed by atoms with van der Waals surface area (Å²) in [6.07, 6.45) is 1.49. The summed E-state index contributed by atoms with van der Waals surface area (Å²) in [5.74, 6) is -0.107. The van der Waals surface area contributed by atoms with Gasteiger partial charge in [0.25, 0.3) is 0 Å². The largest absolute Gasteiger partial charge is 0.458 e. The highest BCUT2D eigenvalue weighted by molar-refractivity contribution is 14.1. The van der Waals surface area contributed by atoms with Crippen LogP contribution in [0.15, 0.2) is 58.0 Å². The molecule has 5 aromatic rings. The number of rotatable bonds is 4. The van der Waals surface area contributed by atoms with Crippen molar-refractivity contribution in [3.63, 3.8) is 0 Å². The van der Waals surface area contributed by atoms with Crippen LogP contribution in [0.4, 0.5) is 14.6 Å². The lowest BCUT2D eigenvalue weighted by Crippen LogP contribution is -2.37. The molecule has 2 aromatic carbocycles. The van der Waals surface area contributed by atoms with E-state index >= 15 is 0 Å². The Bertz CT molecular complexity index is 1700. The number of benzene rings is 2. The lowest BCUT2D eigenvalue weighted by Gasteiger charge is -2.28. The molecule has 3 aromatic heterocycles. The van der Waals surface area contributed by atoms with Crippen molar-refractivity contribution in [2.45, 2.75) is 13.0 Å². The van der Waals surface area contributed by atoms with Crippen LogP contribution in [0.3, 0.4) is 0 Å². The van der Waals surface area contributed by atoms with Crippen LogP contribution in [0.2, 0.25) is 0 Å². The molecule has 4 heterocycles. The van der Waals surface area contributed by atoms with Gasteiger partial charge in [0.05, 0.1) is 24.2 Å². The second-order valence-electron chi connectivity index (χ2n) is 8.70. The van der Waals surface area contributed by atoms with Gasteiger partial charge in [-0.3, -0.25) is 4.79 Å². The normalized spacial score (nSPS) is 15.0. The van der Waals surface area contributed by atoms with Crippen LogP contribution in [-0.4, -0.2) is 46.1 Å². The highest BCUT2D eigenvalue weighted by atomic mass is 127. The average molecular weight is 615 g/mol. The summed E-state index contributed by atoms with van der Waals surface area (Å²) in [6.45, 7) is 4.43. The first-order valence-electron chi connectivity index (χ1n) is 11.7. The fourth-order valence-corrected chi connectivity index (χ4v) is 5.43. The number of anilines is 1. The molecule has 0 amide bonds. The topological polar surface area (TPSA) is 86.3 Å². The molecule has 37 heavy (non-hydrogen) atoms.